The number of halogens is 1. The van der Waals surface area contributed by atoms with Gasteiger partial charge in [-0.15, -0.1) is 11.8 Å². The summed E-state index contributed by atoms with van der Waals surface area (Å²) in [6.07, 6.45) is 2.10. The van der Waals surface area contributed by atoms with Crippen molar-refractivity contribution in [2.75, 3.05) is 19.9 Å². The molecule has 4 heteroatoms. The van der Waals surface area contributed by atoms with Crippen LogP contribution in [-0.2, 0) is 0 Å². The number of rotatable bonds is 6. The summed E-state index contributed by atoms with van der Waals surface area (Å²) in [5, 5.41) is 4.18. The number of ether oxygens (including phenoxy) is 1. The molecule has 1 unspecified atom stereocenters. The molecule has 0 aliphatic heterocycles. The van der Waals surface area contributed by atoms with Crippen LogP contribution in [0.3, 0.4) is 0 Å². The summed E-state index contributed by atoms with van der Waals surface area (Å²) in [4.78, 5) is 1.28. The van der Waals surface area contributed by atoms with Crippen LogP contribution in [0.25, 0.3) is 0 Å². The molecule has 1 N–H and O–H groups in total. The SMILES string of the molecule is CCNC(c1ccc(Cl)c(OC)c1)c1ccccc1SC. The van der Waals surface area contributed by atoms with Crippen molar-refractivity contribution in [3.8, 4) is 5.75 Å². The lowest BCUT2D eigenvalue weighted by molar-refractivity contribution is 0.414. The van der Waals surface area contributed by atoms with Crippen LogP contribution >= 0.6 is 23.4 Å². The van der Waals surface area contributed by atoms with Crippen LogP contribution in [0.2, 0.25) is 5.02 Å². The summed E-state index contributed by atoms with van der Waals surface area (Å²) in [7, 11) is 1.64. The molecule has 1 atom stereocenters. The molecule has 0 radical (unpaired) electrons. The molecule has 2 rings (SSSR count). The molecule has 0 saturated heterocycles. The molecule has 0 aromatic heterocycles. The molecule has 21 heavy (non-hydrogen) atoms. The van der Waals surface area contributed by atoms with Crippen LogP contribution in [-0.4, -0.2) is 19.9 Å². The van der Waals surface area contributed by atoms with E-state index >= 15 is 0 Å². The van der Waals surface area contributed by atoms with Gasteiger partial charge in [0.15, 0.2) is 0 Å². The van der Waals surface area contributed by atoms with E-state index in [1.165, 1.54) is 10.5 Å². The van der Waals surface area contributed by atoms with Crippen molar-refractivity contribution in [2.45, 2.75) is 17.9 Å². The Balaban J connectivity index is 2.48. The first-order valence-corrected chi connectivity index (χ1v) is 8.51. The van der Waals surface area contributed by atoms with Gasteiger partial charge in [-0.1, -0.05) is 42.8 Å². The largest absolute Gasteiger partial charge is 0.495 e. The van der Waals surface area contributed by atoms with Crippen molar-refractivity contribution >= 4 is 23.4 Å². The van der Waals surface area contributed by atoms with Crippen molar-refractivity contribution in [3.63, 3.8) is 0 Å². The van der Waals surface area contributed by atoms with Crippen molar-refractivity contribution < 1.29 is 4.74 Å². The van der Waals surface area contributed by atoms with Crippen molar-refractivity contribution in [2.24, 2.45) is 0 Å². The van der Waals surface area contributed by atoms with Gasteiger partial charge in [-0.3, -0.25) is 0 Å². The van der Waals surface area contributed by atoms with E-state index in [2.05, 4.69) is 48.8 Å². The molecule has 0 aliphatic carbocycles. The van der Waals surface area contributed by atoms with Crippen molar-refractivity contribution in [3.05, 3.63) is 58.6 Å². The molecule has 2 aromatic rings. The molecule has 0 bridgehead atoms. The summed E-state index contributed by atoms with van der Waals surface area (Å²) in [6, 6.07) is 14.5. The van der Waals surface area contributed by atoms with Crippen molar-refractivity contribution in [1.29, 1.82) is 0 Å². The highest BCUT2D eigenvalue weighted by atomic mass is 35.5. The fraction of sp³-hybridized carbons (Fsp3) is 0.294. The molecular weight excluding hydrogens is 302 g/mol. The smallest absolute Gasteiger partial charge is 0.137 e. The Morgan fingerprint density at radius 1 is 1.24 bits per heavy atom. The van der Waals surface area contributed by atoms with Gasteiger partial charge in [-0.25, -0.2) is 0 Å². The molecule has 0 fully saturated rings. The Kier molecular flexibility index (Phi) is 5.97. The Bertz CT molecular complexity index is 603. The third-order valence-corrected chi connectivity index (χ3v) is 4.49. The standard InChI is InChI=1S/C17H20ClNOS/c1-4-19-17(13-7-5-6-8-16(13)21-3)12-9-10-14(18)15(11-12)20-2/h5-11,17,19H,4H2,1-3H3. The van der Waals surface area contributed by atoms with Gasteiger partial charge in [-0.2, -0.15) is 0 Å². The van der Waals surface area contributed by atoms with E-state index in [-0.39, 0.29) is 6.04 Å². The van der Waals surface area contributed by atoms with E-state index in [0.717, 1.165) is 12.1 Å². The van der Waals surface area contributed by atoms with Gasteiger partial charge in [0.2, 0.25) is 0 Å². The Morgan fingerprint density at radius 2 is 2.00 bits per heavy atom. The summed E-state index contributed by atoms with van der Waals surface area (Å²) in [5.41, 5.74) is 2.43. The highest BCUT2D eigenvalue weighted by molar-refractivity contribution is 7.98. The minimum Gasteiger partial charge on any atom is -0.495 e. The Labute approximate surface area is 135 Å². The molecule has 2 aromatic carbocycles. The van der Waals surface area contributed by atoms with Crippen LogP contribution in [0.5, 0.6) is 5.75 Å². The lowest BCUT2D eigenvalue weighted by atomic mass is 9.98. The lowest BCUT2D eigenvalue weighted by Gasteiger charge is -2.22. The number of methoxy groups -OCH3 is 1. The van der Waals surface area contributed by atoms with Crippen LogP contribution in [0.4, 0.5) is 0 Å². The topological polar surface area (TPSA) is 21.3 Å². The van der Waals surface area contributed by atoms with E-state index in [0.29, 0.717) is 10.8 Å². The van der Waals surface area contributed by atoms with E-state index in [9.17, 15) is 0 Å². The fourth-order valence-corrected chi connectivity index (χ4v) is 3.20. The van der Waals surface area contributed by atoms with Crippen molar-refractivity contribution in [1.82, 2.24) is 5.32 Å². The zero-order chi connectivity index (χ0) is 15.2. The van der Waals surface area contributed by atoms with Crippen LogP contribution in [0.1, 0.15) is 24.1 Å². The first kappa shape index (κ1) is 16.2. The molecule has 0 aliphatic rings. The van der Waals surface area contributed by atoms with Gasteiger partial charge in [-0.05, 0) is 42.1 Å². The first-order chi connectivity index (χ1) is 10.2. The van der Waals surface area contributed by atoms with Crippen LogP contribution in [0, 0.1) is 0 Å². The number of hydrogen-bond acceptors (Lipinski definition) is 3. The maximum Gasteiger partial charge on any atom is 0.137 e. The van der Waals surface area contributed by atoms with Gasteiger partial charge in [0, 0.05) is 4.90 Å². The molecular formula is C17H20ClNOS. The number of thioether (sulfide) groups is 1. The number of hydrogen-bond donors (Lipinski definition) is 1. The summed E-state index contributed by atoms with van der Waals surface area (Å²) < 4.78 is 5.34. The third kappa shape index (κ3) is 3.73. The van der Waals surface area contributed by atoms with E-state index in [1.54, 1.807) is 18.9 Å². The second kappa shape index (κ2) is 7.74. The minimum atomic E-state index is 0.129. The molecule has 0 heterocycles. The first-order valence-electron chi connectivity index (χ1n) is 6.91. The van der Waals surface area contributed by atoms with Crippen LogP contribution in [0.15, 0.2) is 47.4 Å². The summed E-state index contributed by atoms with van der Waals surface area (Å²) in [5.74, 6) is 0.707. The number of benzene rings is 2. The normalized spacial score (nSPS) is 12.2. The Hall–Kier alpha value is -1.16. The molecule has 2 nitrogen and oxygen atoms in total. The predicted octanol–water partition coefficient (Wildman–Crippen LogP) is 4.77. The predicted molar refractivity (Wildman–Crippen MR) is 91.7 cm³/mol. The van der Waals surface area contributed by atoms with E-state index in [4.69, 9.17) is 16.3 Å². The second-order valence-electron chi connectivity index (χ2n) is 4.63. The maximum absolute atomic E-state index is 6.13. The quantitative estimate of drug-likeness (QED) is 0.774. The van der Waals surface area contributed by atoms with E-state index < -0.39 is 0 Å². The van der Waals surface area contributed by atoms with Crippen LogP contribution < -0.4 is 10.1 Å². The molecule has 112 valence electrons. The average Bonchev–Trinajstić information content (AvgIpc) is 2.53. The van der Waals surface area contributed by atoms with Gasteiger partial charge >= 0.3 is 0 Å². The summed E-state index contributed by atoms with van der Waals surface area (Å²) in [6.45, 7) is 3.00. The average molecular weight is 322 g/mol. The monoisotopic (exact) mass is 321 g/mol. The molecule has 0 saturated carbocycles. The highest BCUT2D eigenvalue weighted by Gasteiger charge is 2.17. The molecule has 0 amide bonds. The van der Waals surface area contributed by atoms with Gasteiger partial charge < -0.3 is 10.1 Å². The zero-order valence-electron chi connectivity index (χ0n) is 12.5. The zero-order valence-corrected chi connectivity index (χ0v) is 14.1. The van der Waals surface area contributed by atoms with E-state index in [1.807, 2.05) is 12.1 Å². The third-order valence-electron chi connectivity index (χ3n) is 3.37. The maximum atomic E-state index is 6.13. The Morgan fingerprint density at radius 3 is 2.67 bits per heavy atom. The van der Waals surface area contributed by atoms with Gasteiger partial charge in [0.1, 0.15) is 5.75 Å². The molecule has 0 spiro atoms. The highest BCUT2D eigenvalue weighted by Crippen LogP contribution is 2.34. The minimum absolute atomic E-state index is 0.129. The fourth-order valence-electron chi connectivity index (χ4n) is 2.37. The lowest BCUT2D eigenvalue weighted by Crippen LogP contribution is -2.22. The van der Waals surface area contributed by atoms with Gasteiger partial charge in [0.25, 0.3) is 0 Å². The number of nitrogens with one attached hydrogen (secondary N) is 1. The second-order valence-corrected chi connectivity index (χ2v) is 5.88. The van der Waals surface area contributed by atoms with Gasteiger partial charge in [0.05, 0.1) is 18.2 Å². The summed E-state index contributed by atoms with van der Waals surface area (Å²) >= 11 is 7.89.